The van der Waals surface area contributed by atoms with E-state index in [-0.39, 0.29) is 0 Å². The Kier molecular flexibility index (Phi) is 6.83. The van der Waals surface area contributed by atoms with Gasteiger partial charge in [0.05, 0.1) is 11.6 Å². The van der Waals surface area contributed by atoms with E-state index in [0.29, 0.717) is 0 Å². The minimum Gasteiger partial charge on any atom is -0.383 e. The predicted octanol–water partition coefficient (Wildman–Crippen LogP) is 3.41. The first-order valence-electron chi connectivity index (χ1n) is 7.57. The molecule has 3 nitrogen and oxygen atoms in total. The van der Waals surface area contributed by atoms with Crippen molar-refractivity contribution in [1.29, 1.82) is 0 Å². The van der Waals surface area contributed by atoms with Gasteiger partial charge >= 0.3 is 0 Å². The number of ether oxygens (including phenoxy) is 1. The number of nitrogens with zero attached hydrogens (tertiary/aromatic N) is 1. The second-order valence-electron chi connectivity index (χ2n) is 5.60. The minimum atomic E-state index is 0.752. The molecule has 1 aliphatic carbocycles. The van der Waals surface area contributed by atoms with Crippen LogP contribution in [0.25, 0.3) is 0 Å². The fourth-order valence-electron chi connectivity index (χ4n) is 2.65. The number of thioether (sulfide) groups is 1. The molecule has 4 heteroatoms. The van der Waals surface area contributed by atoms with E-state index in [2.05, 4.69) is 23.3 Å². The molecule has 1 N–H and O–H groups in total. The Hall–Kier alpha value is -0.580. The third kappa shape index (κ3) is 5.08. The van der Waals surface area contributed by atoms with Crippen LogP contribution in [0.5, 0.6) is 0 Å². The number of aryl methyl sites for hydroxylation is 1. The number of hydrogen-bond acceptors (Lipinski definition) is 4. The van der Waals surface area contributed by atoms with Crippen molar-refractivity contribution in [3.8, 4) is 0 Å². The van der Waals surface area contributed by atoms with E-state index in [1.165, 1.54) is 47.6 Å². The molecule has 1 aromatic heterocycles. The standard InChI is InChI=1S/C16H26N2OS/c1-13-9-15(10-17-7-8-19-2)11-18-16(13)20-12-14-5-3-4-6-14/h9,11,14,17H,3-8,10,12H2,1-2H3. The van der Waals surface area contributed by atoms with E-state index < -0.39 is 0 Å². The summed E-state index contributed by atoms with van der Waals surface area (Å²) in [7, 11) is 1.73. The van der Waals surface area contributed by atoms with Gasteiger partial charge in [-0.3, -0.25) is 0 Å². The summed E-state index contributed by atoms with van der Waals surface area (Å²) in [6, 6.07) is 2.25. The summed E-state index contributed by atoms with van der Waals surface area (Å²) in [4.78, 5) is 4.63. The molecule has 1 fully saturated rings. The second-order valence-corrected chi connectivity index (χ2v) is 6.61. The van der Waals surface area contributed by atoms with Gasteiger partial charge in [0, 0.05) is 32.1 Å². The zero-order valence-corrected chi connectivity index (χ0v) is 13.5. The van der Waals surface area contributed by atoms with Crippen LogP contribution in [-0.4, -0.2) is 31.0 Å². The summed E-state index contributed by atoms with van der Waals surface area (Å²) < 4.78 is 5.02. The van der Waals surface area contributed by atoms with Gasteiger partial charge in [0.1, 0.15) is 0 Å². The summed E-state index contributed by atoms with van der Waals surface area (Å²) in [6.07, 6.45) is 7.67. The third-order valence-corrected chi connectivity index (χ3v) is 5.17. The highest BCUT2D eigenvalue weighted by Crippen LogP contribution is 2.31. The fourth-order valence-corrected chi connectivity index (χ4v) is 3.79. The molecule has 2 rings (SSSR count). The molecule has 0 radical (unpaired) electrons. The molecule has 0 saturated heterocycles. The fraction of sp³-hybridized carbons (Fsp3) is 0.688. The highest BCUT2D eigenvalue weighted by atomic mass is 32.2. The lowest BCUT2D eigenvalue weighted by Crippen LogP contribution is -2.18. The molecule has 1 heterocycles. The van der Waals surface area contributed by atoms with Crippen molar-refractivity contribution in [2.45, 2.75) is 44.2 Å². The van der Waals surface area contributed by atoms with Crippen LogP contribution in [-0.2, 0) is 11.3 Å². The molecule has 20 heavy (non-hydrogen) atoms. The van der Waals surface area contributed by atoms with Gasteiger partial charge in [0.15, 0.2) is 0 Å². The average molecular weight is 294 g/mol. The van der Waals surface area contributed by atoms with E-state index in [4.69, 9.17) is 4.74 Å². The van der Waals surface area contributed by atoms with Gasteiger partial charge in [-0.2, -0.15) is 0 Å². The lowest BCUT2D eigenvalue weighted by Gasteiger charge is -2.11. The molecule has 0 amide bonds. The molecule has 1 aromatic rings. The molecule has 0 unspecified atom stereocenters. The first-order valence-corrected chi connectivity index (χ1v) is 8.56. The zero-order chi connectivity index (χ0) is 14.2. The van der Waals surface area contributed by atoms with Crippen molar-refractivity contribution >= 4 is 11.8 Å². The van der Waals surface area contributed by atoms with Gasteiger partial charge in [-0.25, -0.2) is 4.98 Å². The second kappa shape index (κ2) is 8.65. The van der Waals surface area contributed by atoms with Crippen molar-refractivity contribution in [2.24, 2.45) is 5.92 Å². The van der Waals surface area contributed by atoms with E-state index >= 15 is 0 Å². The van der Waals surface area contributed by atoms with E-state index in [0.717, 1.165) is 25.6 Å². The lowest BCUT2D eigenvalue weighted by atomic mass is 10.1. The smallest absolute Gasteiger partial charge is 0.0989 e. The normalized spacial score (nSPS) is 15.9. The summed E-state index contributed by atoms with van der Waals surface area (Å²) >= 11 is 1.93. The molecule has 112 valence electrons. The highest BCUT2D eigenvalue weighted by molar-refractivity contribution is 7.99. The zero-order valence-electron chi connectivity index (χ0n) is 12.7. The molecule has 0 atom stereocenters. The van der Waals surface area contributed by atoms with Gasteiger partial charge in [-0.1, -0.05) is 18.9 Å². The summed E-state index contributed by atoms with van der Waals surface area (Å²) in [6.45, 7) is 4.67. The largest absolute Gasteiger partial charge is 0.383 e. The summed E-state index contributed by atoms with van der Waals surface area (Å²) in [5.41, 5.74) is 2.56. The Balaban J connectivity index is 1.78. The lowest BCUT2D eigenvalue weighted by molar-refractivity contribution is 0.199. The van der Waals surface area contributed by atoms with Crippen LogP contribution in [0.4, 0.5) is 0 Å². The van der Waals surface area contributed by atoms with Crippen LogP contribution < -0.4 is 5.32 Å². The van der Waals surface area contributed by atoms with E-state index in [9.17, 15) is 0 Å². The van der Waals surface area contributed by atoms with Gasteiger partial charge < -0.3 is 10.1 Å². The molecule has 0 spiro atoms. The molecular formula is C16H26N2OS. The molecule has 1 aliphatic rings. The quantitative estimate of drug-likeness (QED) is 0.588. The molecule has 0 bridgehead atoms. The van der Waals surface area contributed by atoms with E-state index in [1.54, 1.807) is 7.11 Å². The summed E-state index contributed by atoms with van der Waals surface area (Å²) in [5.74, 6) is 2.15. The van der Waals surface area contributed by atoms with Crippen LogP contribution in [0.15, 0.2) is 17.3 Å². The maximum Gasteiger partial charge on any atom is 0.0989 e. The number of aromatic nitrogens is 1. The van der Waals surface area contributed by atoms with Crippen LogP contribution in [0.3, 0.4) is 0 Å². The van der Waals surface area contributed by atoms with Crippen molar-refractivity contribution in [2.75, 3.05) is 26.0 Å². The van der Waals surface area contributed by atoms with Gasteiger partial charge in [0.2, 0.25) is 0 Å². The Morgan fingerprint density at radius 1 is 1.40 bits per heavy atom. The third-order valence-electron chi connectivity index (χ3n) is 3.83. The van der Waals surface area contributed by atoms with Crippen molar-refractivity contribution in [3.63, 3.8) is 0 Å². The number of pyridine rings is 1. The predicted molar refractivity (Wildman–Crippen MR) is 85.2 cm³/mol. The van der Waals surface area contributed by atoms with Crippen LogP contribution in [0.1, 0.15) is 36.8 Å². The van der Waals surface area contributed by atoms with Gasteiger partial charge in [-0.05, 0) is 36.8 Å². The number of nitrogens with one attached hydrogen (secondary N) is 1. The Morgan fingerprint density at radius 3 is 2.90 bits per heavy atom. The van der Waals surface area contributed by atoms with Crippen LogP contribution in [0, 0.1) is 12.8 Å². The molecule has 0 aromatic carbocycles. The maximum absolute atomic E-state index is 5.02. The SMILES string of the molecule is COCCNCc1cnc(SCC2CCCC2)c(C)c1. The topological polar surface area (TPSA) is 34.1 Å². The average Bonchev–Trinajstić information content (AvgIpc) is 2.96. The van der Waals surface area contributed by atoms with Crippen molar-refractivity contribution in [3.05, 3.63) is 23.4 Å². The summed E-state index contributed by atoms with van der Waals surface area (Å²) in [5, 5.41) is 4.56. The van der Waals surface area contributed by atoms with Crippen molar-refractivity contribution in [1.82, 2.24) is 10.3 Å². The number of hydrogen-bond donors (Lipinski definition) is 1. The molecular weight excluding hydrogens is 268 g/mol. The Bertz CT molecular complexity index is 405. The number of methoxy groups -OCH3 is 1. The first-order chi connectivity index (χ1) is 9.79. The monoisotopic (exact) mass is 294 g/mol. The first kappa shape index (κ1) is 15.8. The Labute approximate surface area is 126 Å². The highest BCUT2D eigenvalue weighted by Gasteiger charge is 2.15. The Morgan fingerprint density at radius 2 is 2.20 bits per heavy atom. The van der Waals surface area contributed by atoms with Gasteiger partial charge in [0.25, 0.3) is 0 Å². The van der Waals surface area contributed by atoms with Gasteiger partial charge in [-0.15, -0.1) is 11.8 Å². The molecule has 1 saturated carbocycles. The minimum absolute atomic E-state index is 0.752. The van der Waals surface area contributed by atoms with Crippen molar-refractivity contribution < 1.29 is 4.74 Å². The van der Waals surface area contributed by atoms with E-state index in [1.807, 2.05) is 18.0 Å². The maximum atomic E-state index is 5.02. The van der Waals surface area contributed by atoms with Crippen LogP contribution in [0.2, 0.25) is 0 Å². The van der Waals surface area contributed by atoms with Crippen LogP contribution >= 0.6 is 11.8 Å². The molecule has 0 aliphatic heterocycles. The number of rotatable bonds is 8.